The molecule has 0 spiro atoms. The third-order valence-corrected chi connectivity index (χ3v) is 6.19. The first kappa shape index (κ1) is 20.7. The molecule has 1 aliphatic rings. The van der Waals surface area contributed by atoms with E-state index in [1.807, 2.05) is 6.92 Å². The number of benzene rings is 1. The van der Waals surface area contributed by atoms with Crippen molar-refractivity contribution in [3.8, 4) is 0 Å². The number of ether oxygens (including phenoxy) is 1. The van der Waals surface area contributed by atoms with Gasteiger partial charge >= 0.3 is 0 Å². The second-order valence-corrected chi connectivity index (χ2v) is 7.87. The van der Waals surface area contributed by atoms with Gasteiger partial charge < -0.3 is 10.5 Å². The monoisotopic (exact) mass is 382 g/mol. The first-order valence-electron chi connectivity index (χ1n) is 7.53. The van der Waals surface area contributed by atoms with Crippen molar-refractivity contribution in [2.75, 3.05) is 26.2 Å². The number of nitrogens with zero attached hydrogens (tertiary/aromatic N) is 1. The van der Waals surface area contributed by atoms with Crippen LogP contribution in [0.1, 0.15) is 24.8 Å². The summed E-state index contributed by atoms with van der Waals surface area (Å²) in [6, 6.07) is 4.87. The first-order chi connectivity index (χ1) is 10.4. The lowest BCUT2D eigenvalue weighted by Crippen LogP contribution is -2.41. The van der Waals surface area contributed by atoms with Crippen molar-refractivity contribution < 1.29 is 13.2 Å². The van der Waals surface area contributed by atoms with Crippen LogP contribution in [0.4, 0.5) is 0 Å². The minimum atomic E-state index is -3.48. The molecule has 0 aromatic heterocycles. The summed E-state index contributed by atoms with van der Waals surface area (Å²) in [5.41, 5.74) is 6.30. The molecule has 5 nitrogen and oxygen atoms in total. The van der Waals surface area contributed by atoms with Crippen molar-refractivity contribution in [2.45, 2.75) is 37.2 Å². The SMILES string of the molecule is Cc1ccc(S(=O)(=O)N2CCC(OCCCN)CC2)cc1Cl.Cl. The molecule has 0 atom stereocenters. The Kier molecular flexibility index (Phi) is 8.27. The number of sulfonamides is 1. The third-order valence-electron chi connectivity index (χ3n) is 3.88. The summed E-state index contributed by atoms with van der Waals surface area (Å²) in [7, 11) is -3.48. The van der Waals surface area contributed by atoms with Crippen molar-refractivity contribution >= 4 is 34.0 Å². The largest absolute Gasteiger partial charge is 0.378 e. The van der Waals surface area contributed by atoms with E-state index in [0.29, 0.717) is 44.1 Å². The Balaban J connectivity index is 0.00000264. The Labute approximate surface area is 149 Å². The highest BCUT2D eigenvalue weighted by Gasteiger charge is 2.29. The zero-order valence-corrected chi connectivity index (χ0v) is 15.6. The molecule has 23 heavy (non-hydrogen) atoms. The molecular weight excluding hydrogens is 359 g/mol. The number of aryl methyl sites for hydroxylation is 1. The lowest BCUT2D eigenvalue weighted by atomic mass is 10.1. The van der Waals surface area contributed by atoms with Crippen LogP contribution in [-0.4, -0.2) is 45.1 Å². The maximum atomic E-state index is 12.6. The first-order valence-corrected chi connectivity index (χ1v) is 9.35. The van der Waals surface area contributed by atoms with Gasteiger partial charge in [0.1, 0.15) is 0 Å². The Morgan fingerprint density at radius 1 is 1.35 bits per heavy atom. The van der Waals surface area contributed by atoms with Gasteiger partial charge in [0.05, 0.1) is 11.0 Å². The van der Waals surface area contributed by atoms with E-state index in [2.05, 4.69) is 0 Å². The van der Waals surface area contributed by atoms with Crippen LogP contribution in [0.2, 0.25) is 5.02 Å². The molecule has 0 aliphatic carbocycles. The molecule has 1 heterocycles. The molecule has 0 radical (unpaired) electrons. The zero-order valence-electron chi connectivity index (χ0n) is 13.2. The van der Waals surface area contributed by atoms with E-state index in [1.54, 1.807) is 12.1 Å². The molecule has 0 bridgehead atoms. The molecule has 0 unspecified atom stereocenters. The third kappa shape index (κ3) is 5.31. The van der Waals surface area contributed by atoms with E-state index in [9.17, 15) is 8.42 Å². The van der Waals surface area contributed by atoms with Gasteiger partial charge in [-0.3, -0.25) is 0 Å². The summed E-state index contributed by atoms with van der Waals surface area (Å²) in [5, 5.41) is 0.473. The fraction of sp³-hybridized carbons (Fsp3) is 0.600. The van der Waals surface area contributed by atoms with Gasteiger partial charge in [-0.2, -0.15) is 4.31 Å². The summed E-state index contributed by atoms with van der Waals surface area (Å²) in [6.45, 7) is 4.05. The highest BCUT2D eigenvalue weighted by Crippen LogP contribution is 2.25. The smallest absolute Gasteiger partial charge is 0.243 e. The molecule has 132 valence electrons. The fourth-order valence-corrected chi connectivity index (χ4v) is 4.20. The fourth-order valence-electron chi connectivity index (χ4n) is 2.46. The summed E-state index contributed by atoms with van der Waals surface area (Å²) < 4.78 is 32.5. The second kappa shape index (κ2) is 9.20. The van der Waals surface area contributed by atoms with Crippen LogP contribution in [0.15, 0.2) is 23.1 Å². The molecule has 1 aromatic carbocycles. The lowest BCUT2D eigenvalue weighted by molar-refractivity contribution is 0.0209. The molecule has 2 rings (SSSR count). The highest BCUT2D eigenvalue weighted by atomic mass is 35.5. The summed E-state index contributed by atoms with van der Waals surface area (Å²) >= 11 is 6.04. The predicted molar refractivity (Wildman–Crippen MR) is 94.8 cm³/mol. The maximum Gasteiger partial charge on any atom is 0.243 e. The average molecular weight is 383 g/mol. The van der Waals surface area contributed by atoms with Crippen LogP contribution in [-0.2, 0) is 14.8 Å². The molecular formula is C15H24Cl2N2O3S. The number of hydrogen-bond donors (Lipinski definition) is 1. The van der Waals surface area contributed by atoms with Crippen molar-refractivity contribution in [1.29, 1.82) is 0 Å². The van der Waals surface area contributed by atoms with E-state index in [-0.39, 0.29) is 23.4 Å². The van der Waals surface area contributed by atoms with E-state index in [0.717, 1.165) is 12.0 Å². The second-order valence-electron chi connectivity index (χ2n) is 5.53. The minimum absolute atomic E-state index is 0. The van der Waals surface area contributed by atoms with Gasteiger partial charge in [-0.1, -0.05) is 17.7 Å². The van der Waals surface area contributed by atoms with Crippen LogP contribution in [0.5, 0.6) is 0 Å². The van der Waals surface area contributed by atoms with Crippen LogP contribution in [0.25, 0.3) is 0 Å². The number of rotatable bonds is 6. The van der Waals surface area contributed by atoms with Crippen LogP contribution in [0.3, 0.4) is 0 Å². The quantitative estimate of drug-likeness (QED) is 0.767. The predicted octanol–water partition coefficient (Wildman–Crippen LogP) is 2.59. The van der Waals surface area contributed by atoms with E-state index < -0.39 is 10.0 Å². The van der Waals surface area contributed by atoms with E-state index in [4.69, 9.17) is 22.1 Å². The molecule has 2 N–H and O–H groups in total. The summed E-state index contributed by atoms with van der Waals surface area (Å²) in [4.78, 5) is 0.255. The van der Waals surface area contributed by atoms with Crippen molar-refractivity contribution in [3.63, 3.8) is 0 Å². The lowest BCUT2D eigenvalue weighted by Gasteiger charge is -2.31. The highest BCUT2D eigenvalue weighted by molar-refractivity contribution is 7.89. The van der Waals surface area contributed by atoms with Crippen LogP contribution >= 0.6 is 24.0 Å². The molecule has 8 heteroatoms. The minimum Gasteiger partial charge on any atom is -0.378 e. The number of hydrogen-bond acceptors (Lipinski definition) is 4. The van der Waals surface area contributed by atoms with Gasteiger partial charge in [0.25, 0.3) is 0 Å². The normalized spacial score (nSPS) is 17.0. The maximum absolute atomic E-state index is 12.6. The summed E-state index contributed by atoms with van der Waals surface area (Å²) in [5.74, 6) is 0. The van der Waals surface area contributed by atoms with Gasteiger partial charge in [0, 0.05) is 24.7 Å². The molecule has 1 aliphatic heterocycles. The molecule has 0 amide bonds. The van der Waals surface area contributed by atoms with Crippen LogP contribution in [0, 0.1) is 6.92 Å². The Hall–Kier alpha value is -0.370. The number of halogens is 2. The molecule has 0 saturated carbocycles. The summed E-state index contributed by atoms with van der Waals surface area (Å²) in [6.07, 6.45) is 2.38. The Morgan fingerprint density at radius 3 is 2.57 bits per heavy atom. The van der Waals surface area contributed by atoms with Crippen molar-refractivity contribution in [3.05, 3.63) is 28.8 Å². The molecule has 1 aromatic rings. The van der Waals surface area contributed by atoms with Crippen molar-refractivity contribution in [1.82, 2.24) is 4.31 Å². The van der Waals surface area contributed by atoms with Crippen molar-refractivity contribution in [2.24, 2.45) is 5.73 Å². The molecule has 1 fully saturated rings. The van der Waals surface area contributed by atoms with Gasteiger partial charge in [-0.05, 0) is 50.4 Å². The van der Waals surface area contributed by atoms with Crippen LogP contribution < -0.4 is 5.73 Å². The van der Waals surface area contributed by atoms with Gasteiger partial charge in [0.15, 0.2) is 0 Å². The van der Waals surface area contributed by atoms with E-state index >= 15 is 0 Å². The zero-order chi connectivity index (χ0) is 16.2. The van der Waals surface area contributed by atoms with Gasteiger partial charge in [0.2, 0.25) is 10.0 Å². The Morgan fingerprint density at radius 2 is 2.00 bits per heavy atom. The molecule has 1 saturated heterocycles. The Bertz CT molecular complexity index is 603. The van der Waals surface area contributed by atoms with Gasteiger partial charge in [-0.25, -0.2) is 8.42 Å². The number of nitrogens with two attached hydrogens (primary N) is 1. The number of piperidine rings is 1. The topological polar surface area (TPSA) is 72.6 Å². The van der Waals surface area contributed by atoms with Gasteiger partial charge in [-0.15, -0.1) is 12.4 Å². The average Bonchev–Trinajstić information content (AvgIpc) is 2.51. The standard InChI is InChI=1S/C15H23ClN2O3S.ClH/c1-12-3-4-14(11-15(12)16)22(19,20)18-8-5-13(6-9-18)21-10-2-7-17;/h3-4,11,13H,2,5-10,17H2,1H3;1H. The van der Waals surface area contributed by atoms with E-state index in [1.165, 1.54) is 10.4 Å².